The zero-order chi connectivity index (χ0) is 13.1. The summed E-state index contributed by atoms with van der Waals surface area (Å²) in [6.07, 6.45) is 0.632. The van der Waals surface area contributed by atoms with Crippen LogP contribution in [0, 0.1) is 5.82 Å². The van der Waals surface area contributed by atoms with Crippen LogP contribution >= 0.6 is 24.0 Å². The molecule has 0 saturated heterocycles. The largest absolute Gasteiger partial charge is 0.334 e. The van der Waals surface area contributed by atoms with Crippen LogP contribution in [0.3, 0.4) is 0 Å². The molecule has 1 heterocycles. The SMILES string of the molecule is CNC(C)Cc1noc(-c2cccc(F)c2Cl)n1.Cl. The van der Waals surface area contributed by atoms with E-state index in [1.807, 2.05) is 14.0 Å². The zero-order valence-corrected chi connectivity index (χ0v) is 12.1. The van der Waals surface area contributed by atoms with Crippen molar-refractivity contribution in [2.75, 3.05) is 7.05 Å². The molecule has 0 saturated carbocycles. The van der Waals surface area contributed by atoms with Crippen molar-refractivity contribution in [3.63, 3.8) is 0 Å². The van der Waals surface area contributed by atoms with E-state index in [-0.39, 0.29) is 29.4 Å². The number of hydrogen-bond donors (Lipinski definition) is 1. The minimum absolute atomic E-state index is 0. The van der Waals surface area contributed by atoms with Crippen molar-refractivity contribution in [3.05, 3.63) is 34.9 Å². The van der Waals surface area contributed by atoms with Gasteiger partial charge in [0.2, 0.25) is 0 Å². The van der Waals surface area contributed by atoms with Gasteiger partial charge < -0.3 is 9.84 Å². The van der Waals surface area contributed by atoms with Gasteiger partial charge >= 0.3 is 0 Å². The number of aromatic nitrogens is 2. The second-order valence-corrected chi connectivity index (χ2v) is 4.39. The molecule has 2 aromatic rings. The van der Waals surface area contributed by atoms with Gasteiger partial charge in [-0.25, -0.2) is 4.39 Å². The van der Waals surface area contributed by atoms with Crippen LogP contribution in [0.4, 0.5) is 4.39 Å². The fraction of sp³-hybridized carbons (Fsp3) is 0.333. The van der Waals surface area contributed by atoms with Gasteiger partial charge in [0, 0.05) is 12.5 Å². The van der Waals surface area contributed by atoms with Crippen molar-refractivity contribution < 1.29 is 8.91 Å². The third kappa shape index (κ3) is 3.65. The summed E-state index contributed by atoms with van der Waals surface area (Å²) in [4.78, 5) is 4.20. The normalized spacial score (nSPS) is 12.0. The molecule has 0 aliphatic rings. The maximum absolute atomic E-state index is 13.3. The summed E-state index contributed by atoms with van der Waals surface area (Å²) in [7, 11) is 1.86. The van der Waals surface area contributed by atoms with Crippen LogP contribution in [-0.4, -0.2) is 23.2 Å². The van der Waals surface area contributed by atoms with E-state index in [1.54, 1.807) is 12.1 Å². The number of nitrogens with zero attached hydrogens (tertiary/aromatic N) is 2. The van der Waals surface area contributed by atoms with E-state index in [4.69, 9.17) is 16.1 Å². The Morgan fingerprint density at radius 3 is 2.89 bits per heavy atom. The lowest BCUT2D eigenvalue weighted by Crippen LogP contribution is -2.24. The maximum atomic E-state index is 13.3. The molecule has 4 nitrogen and oxygen atoms in total. The van der Waals surface area contributed by atoms with Gasteiger partial charge in [-0.2, -0.15) is 4.98 Å². The molecular formula is C12H14Cl2FN3O. The molecule has 1 N–H and O–H groups in total. The molecule has 0 radical (unpaired) electrons. The summed E-state index contributed by atoms with van der Waals surface area (Å²) < 4.78 is 18.4. The monoisotopic (exact) mass is 305 g/mol. The first-order valence-corrected chi connectivity index (χ1v) is 5.94. The van der Waals surface area contributed by atoms with E-state index in [0.717, 1.165) is 0 Å². The van der Waals surface area contributed by atoms with Crippen molar-refractivity contribution in [1.82, 2.24) is 15.5 Å². The van der Waals surface area contributed by atoms with Gasteiger partial charge in [0.15, 0.2) is 5.82 Å². The first kappa shape index (κ1) is 15.9. The van der Waals surface area contributed by atoms with Gasteiger partial charge in [0.25, 0.3) is 5.89 Å². The maximum Gasteiger partial charge on any atom is 0.259 e. The fourth-order valence-electron chi connectivity index (χ4n) is 1.49. The number of benzene rings is 1. The second kappa shape index (κ2) is 6.84. The van der Waals surface area contributed by atoms with Crippen LogP contribution in [0.25, 0.3) is 11.5 Å². The van der Waals surface area contributed by atoms with Gasteiger partial charge in [-0.1, -0.05) is 22.8 Å². The van der Waals surface area contributed by atoms with E-state index in [0.29, 0.717) is 17.8 Å². The zero-order valence-electron chi connectivity index (χ0n) is 10.5. The van der Waals surface area contributed by atoms with Crippen LogP contribution in [-0.2, 0) is 6.42 Å². The number of likely N-dealkylation sites (N-methyl/N-ethyl adjacent to an activating group) is 1. The molecule has 0 bridgehead atoms. The Kier molecular flexibility index (Phi) is 5.72. The van der Waals surface area contributed by atoms with Crippen LogP contribution in [0.15, 0.2) is 22.7 Å². The summed E-state index contributed by atoms with van der Waals surface area (Å²) >= 11 is 5.85. The van der Waals surface area contributed by atoms with Crippen molar-refractivity contribution in [2.24, 2.45) is 0 Å². The molecular weight excluding hydrogens is 292 g/mol. The average Bonchev–Trinajstić information content (AvgIpc) is 2.80. The average molecular weight is 306 g/mol. The highest BCUT2D eigenvalue weighted by molar-refractivity contribution is 6.33. The molecule has 0 aliphatic heterocycles. The number of nitrogens with one attached hydrogen (secondary N) is 1. The molecule has 1 atom stereocenters. The molecule has 0 aliphatic carbocycles. The second-order valence-electron chi connectivity index (χ2n) is 4.01. The first-order chi connectivity index (χ1) is 8.61. The standard InChI is InChI=1S/C12H13ClFN3O.ClH/c1-7(15-2)6-10-16-12(18-17-10)8-4-3-5-9(14)11(8)13;/h3-5,7,15H,6H2,1-2H3;1H. The predicted molar refractivity (Wildman–Crippen MR) is 74.2 cm³/mol. The lowest BCUT2D eigenvalue weighted by molar-refractivity contribution is 0.418. The van der Waals surface area contributed by atoms with Gasteiger partial charge in [-0.3, -0.25) is 0 Å². The number of hydrogen-bond acceptors (Lipinski definition) is 4. The van der Waals surface area contributed by atoms with Gasteiger partial charge in [0.1, 0.15) is 5.82 Å². The molecule has 1 aromatic heterocycles. The summed E-state index contributed by atoms with van der Waals surface area (Å²) in [6, 6.07) is 4.71. The van der Waals surface area contributed by atoms with Crippen molar-refractivity contribution in [3.8, 4) is 11.5 Å². The van der Waals surface area contributed by atoms with Crippen molar-refractivity contribution in [1.29, 1.82) is 0 Å². The fourth-order valence-corrected chi connectivity index (χ4v) is 1.70. The molecule has 0 amide bonds. The minimum atomic E-state index is -0.502. The smallest absolute Gasteiger partial charge is 0.259 e. The highest BCUT2D eigenvalue weighted by Gasteiger charge is 2.15. The summed E-state index contributed by atoms with van der Waals surface area (Å²) in [5.41, 5.74) is 0.410. The Hall–Kier alpha value is -1.17. The van der Waals surface area contributed by atoms with Crippen LogP contribution in [0.2, 0.25) is 5.02 Å². The minimum Gasteiger partial charge on any atom is -0.334 e. The molecule has 0 spiro atoms. The molecule has 104 valence electrons. The Morgan fingerprint density at radius 1 is 1.47 bits per heavy atom. The first-order valence-electron chi connectivity index (χ1n) is 5.56. The highest BCUT2D eigenvalue weighted by Crippen LogP contribution is 2.28. The van der Waals surface area contributed by atoms with E-state index >= 15 is 0 Å². The van der Waals surface area contributed by atoms with E-state index in [1.165, 1.54) is 6.07 Å². The summed E-state index contributed by atoms with van der Waals surface area (Å²) in [5, 5.41) is 6.91. The highest BCUT2D eigenvalue weighted by atomic mass is 35.5. The molecule has 1 aromatic carbocycles. The Morgan fingerprint density at radius 2 is 2.21 bits per heavy atom. The third-order valence-electron chi connectivity index (χ3n) is 2.63. The number of halogens is 3. The van der Waals surface area contributed by atoms with Crippen LogP contribution in [0.1, 0.15) is 12.7 Å². The van der Waals surface area contributed by atoms with E-state index in [2.05, 4.69) is 15.5 Å². The predicted octanol–water partition coefficient (Wildman–Crippen LogP) is 3.10. The van der Waals surface area contributed by atoms with E-state index in [9.17, 15) is 4.39 Å². The summed E-state index contributed by atoms with van der Waals surface area (Å²) in [5.74, 6) is 0.294. The Labute approximate surface area is 121 Å². The molecule has 7 heteroatoms. The Balaban J connectivity index is 0.00000180. The van der Waals surface area contributed by atoms with Crippen molar-refractivity contribution >= 4 is 24.0 Å². The van der Waals surface area contributed by atoms with E-state index < -0.39 is 5.82 Å². The number of rotatable bonds is 4. The van der Waals surface area contributed by atoms with Gasteiger partial charge in [0.05, 0.1) is 10.6 Å². The topological polar surface area (TPSA) is 51.0 Å². The quantitative estimate of drug-likeness (QED) is 0.943. The lowest BCUT2D eigenvalue weighted by Gasteiger charge is -2.04. The van der Waals surface area contributed by atoms with Gasteiger partial charge in [-0.05, 0) is 26.1 Å². The van der Waals surface area contributed by atoms with Gasteiger partial charge in [-0.15, -0.1) is 12.4 Å². The third-order valence-corrected chi connectivity index (χ3v) is 3.02. The lowest BCUT2D eigenvalue weighted by atomic mass is 10.2. The molecule has 1 unspecified atom stereocenters. The summed E-state index contributed by atoms with van der Waals surface area (Å²) in [6.45, 7) is 2.01. The van der Waals surface area contributed by atoms with Crippen molar-refractivity contribution in [2.45, 2.75) is 19.4 Å². The molecule has 0 fully saturated rings. The molecule has 2 rings (SSSR count). The Bertz CT molecular complexity index is 548. The molecule has 19 heavy (non-hydrogen) atoms. The van der Waals surface area contributed by atoms with Crippen LogP contribution in [0.5, 0.6) is 0 Å². The van der Waals surface area contributed by atoms with Crippen LogP contribution < -0.4 is 5.32 Å².